The third kappa shape index (κ3) is 5.50. The van der Waals surface area contributed by atoms with Gasteiger partial charge in [-0.1, -0.05) is 13.8 Å². The molecule has 1 saturated heterocycles. The highest BCUT2D eigenvalue weighted by molar-refractivity contribution is 7.89. The minimum absolute atomic E-state index is 0. The van der Waals surface area contributed by atoms with Gasteiger partial charge in [-0.15, -0.1) is 12.4 Å². The summed E-state index contributed by atoms with van der Waals surface area (Å²) in [7, 11) is -3.89. The lowest BCUT2D eigenvalue weighted by atomic mass is 10.0. The number of halogens is 1. The Kier molecular flexibility index (Phi) is 7.94. The lowest BCUT2D eigenvalue weighted by Crippen LogP contribution is -2.54. The maximum atomic E-state index is 12.8. The van der Waals surface area contributed by atoms with E-state index in [4.69, 9.17) is 9.47 Å². The summed E-state index contributed by atoms with van der Waals surface area (Å²) in [5, 5.41) is 6.18. The van der Waals surface area contributed by atoms with E-state index in [9.17, 15) is 13.2 Å². The van der Waals surface area contributed by atoms with E-state index in [-0.39, 0.29) is 35.2 Å². The van der Waals surface area contributed by atoms with Crippen molar-refractivity contribution in [1.29, 1.82) is 0 Å². The van der Waals surface area contributed by atoms with Crippen LogP contribution in [0.4, 0.5) is 0 Å². The van der Waals surface area contributed by atoms with E-state index in [1.807, 2.05) is 13.8 Å². The molecule has 28 heavy (non-hydrogen) atoms. The van der Waals surface area contributed by atoms with Gasteiger partial charge in [0.1, 0.15) is 19.3 Å². The Morgan fingerprint density at radius 3 is 2.57 bits per heavy atom. The number of hydrogen-bond acceptors (Lipinski definition) is 6. The van der Waals surface area contributed by atoms with Gasteiger partial charge in [0.25, 0.3) is 0 Å². The molecule has 0 spiro atoms. The first-order chi connectivity index (χ1) is 12.9. The molecular formula is C18H28ClN3O5S. The average Bonchev–Trinajstić information content (AvgIpc) is 2.66. The standard InChI is InChI=1S/C18H27N3O5S.ClH/c1-12(2)17(18(22)20-13-4-3-7-19-11-13)21-27(23,24)14-5-6-15-16(10-14)26-9-8-25-15;/h5-6,10,12-13,17,19,21H,3-4,7-9,11H2,1-2H3,(H,20,22);1H/t13-,17?;/m0./s1. The van der Waals surface area contributed by atoms with Gasteiger partial charge in [0.2, 0.25) is 15.9 Å². The van der Waals surface area contributed by atoms with Crippen molar-refractivity contribution >= 4 is 28.3 Å². The summed E-state index contributed by atoms with van der Waals surface area (Å²) in [6.07, 6.45) is 1.87. The van der Waals surface area contributed by atoms with E-state index < -0.39 is 16.1 Å². The van der Waals surface area contributed by atoms with Gasteiger partial charge < -0.3 is 20.1 Å². The number of carbonyl (C=O) groups excluding carboxylic acids is 1. The number of carbonyl (C=O) groups is 1. The largest absolute Gasteiger partial charge is 0.486 e. The number of rotatable bonds is 6. The number of sulfonamides is 1. The highest BCUT2D eigenvalue weighted by Crippen LogP contribution is 2.32. The Bertz CT molecular complexity index is 781. The molecule has 1 aromatic rings. The van der Waals surface area contributed by atoms with E-state index in [0.717, 1.165) is 19.4 Å². The summed E-state index contributed by atoms with van der Waals surface area (Å²) in [6, 6.07) is 3.62. The average molecular weight is 434 g/mol. The molecule has 2 aliphatic heterocycles. The minimum Gasteiger partial charge on any atom is -0.486 e. The Labute approximate surface area is 172 Å². The predicted octanol–water partition coefficient (Wildman–Crippen LogP) is 1.05. The smallest absolute Gasteiger partial charge is 0.241 e. The Hall–Kier alpha value is -1.55. The van der Waals surface area contributed by atoms with E-state index in [2.05, 4.69) is 15.4 Å². The van der Waals surface area contributed by atoms with Gasteiger partial charge in [0, 0.05) is 18.7 Å². The van der Waals surface area contributed by atoms with Crippen LogP contribution < -0.4 is 24.8 Å². The van der Waals surface area contributed by atoms with Crippen LogP contribution in [-0.2, 0) is 14.8 Å². The number of fused-ring (bicyclic) bond motifs is 1. The van der Waals surface area contributed by atoms with Crippen molar-refractivity contribution in [3.05, 3.63) is 18.2 Å². The molecule has 0 aromatic heterocycles. The van der Waals surface area contributed by atoms with E-state index in [1.165, 1.54) is 12.1 Å². The van der Waals surface area contributed by atoms with E-state index in [0.29, 0.717) is 31.3 Å². The lowest BCUT2D eigenvalue weighted by Gasteiger charge is -2.28. The fraction of sp³-hybridized carbons (Fsp3) is 0.611. The van der Waals surface area contributed by atoms with Crippen LogP contribution in [0.5, 0.6) is 11.5 Å². The van der Waals surface area contributed by atoms with Crippen LogP contribution in [0.2, 0.25) is 0 Å². The van der Waals surface area contributed by atoms with Crippen LogP contribution >= 0.6 is 12.4 Å². The SMILES string of the molecule is CC(C)C(NS(=O)(=O)c1ccc2c(c1)OCCO2)C(=O)N[C@H]1CCCNC1.Cl. The molecule has 2 atom stereocenters. The van der Waals surface area contributed by atoms with Gasteiger partial charge >= 0.3 is 0 Å². The third-order valence-corrected chi connectivity index (χ3v) is 6.14. The van der Waals surface area contributed by atoms with Crippen LogP contribution in [0, 0.1) is 5.92 Å². The van der Waals surface area contributed by atoms with Crippen LogP contribution in [0.1, 0.15) is 26.7 Å². The molecule has 0 saturated carbocycles. The fourth-order valence-corrected chi connectivity index (χ4v) is 4.54. The first-order valence-corrected chi connectivity index (χ1v) is 10.8. The zero-order chi connectivity index (χ0) is 19.4. The van der Waals surface area contributed by atoms with Crippen molar-refractivity contribution in [2.45, 2.75) is 43.7 Å². The molecule has 0 bridgehead atoms. The second-order valence-electron chi connectivity index (χ2n) is 7.20. The van der Waals surface area contributed by atoms with Crippen molar-refractivity contribution in [3.8, 4) is 11.5 Å². The Morgan fingerprint density at radius 2 is 1.93 bits per heavy atom. The molecule has 3 rings (SSSR count). The zero-order valence-corrected chi connectivity index (χ0v) is 17.7. The molecule has 2 aliphatic rings. The number of ether oxygens (including phenoxy) is 2. The Balaban J connectivity index is 0.00000280. The number of amides is 1. The van der Waals surface area contributed by atoms with Crippen molar-refractivity contribution in [3.63, 3.8) is 0 Å². The highest BCUT2D eigenvalue weighted by atomic mass is 35.5. The van der Waals surface area contributed by atoms with Crippen molar-refractivity contribution < 1.29 is 22.7 Å². The van der Waals surface area contributed by atoms with Crippen LogP contribution in [0.25, 0.3) is 0 Å². The normalized spacial score (nSPS) is 20.2. The van der Waals surface area contributed by atoms with Crippen LogP contribution in [0.15, 0.2) is 23.1 Å². The van der Waals surface area contributed by atoms with Crippen molar-refractivity contribution in [2.24, 2.45) is 5.92 Å². The molecule has 10 heteroatoms. The first-order valence-electron chi connectivity index (χ1n) is 9.30. The van der Waals surface area contributed by atoms with E-state index >= 15 is 0 Å². The van der Waals surface area contributed by atoms with Gasteiger partial charge in [-0.05, 0) is 37.4 Å². The molecular weight excluding hydrogens is 406 g/mol. The molecule has 8 nitrogen and oxygen atoms in total. The monoisotopic (exact) mass is 433 g/mol. The molecule has 0 aliphatic carbocycles. The van der Waals surface area contributed by atoms with Crippen molar-refractivity contribution in [2.75, 3.05) is 26.3 Å². The quantitative estimate of drug-likeness (QED) is 0.619. The summed E-state index contributed by atoms with van der Waals surface area (Å²) in [4.78, 5) is 12.7. The molecule has 158 valence electrons. The molecule has 2 heterocycles. The van der Waals surface area contributed by atoms with Gasteiger partial charge in [0.15, 0.2) is 11.5 Å². The van der Waals surface area contributed by atoms with E-state index in [1.54, 1.807) is 6.07 Å². The summed E-state index contributed by atoms with van der Waals surface area (Å²) < 4.78 is 39.1. The molecule has 1 aromatic carbocycles. The maximum Gasteiger partial charge on any atom is 0.241 e. The number of hydrogen-bond donors (Lipinski definition) is 3. The Morgan fingerprint density at radius 1 is 1.21 bits per heavy atom. The maximum absolute atomic E-state index is 12.8. The number of benzene rings is 1. The van der Waals surface area contributed by atoms with Crippen LogP contribution in [0.3, 0.4) is 0 Å². The topological polar surface area (TPSA) is 106 Å². The summed E-state index contributed by atoms with van der Waals surface area (Å²) in [5.74, 6) is 0.402. The van der Waals surface area contributed by atoms with Gasteiger partial charge in [-0.3, -0.25) is 4.79 Å². The number of nitrogens with one attached hydrogen (secondary N) is 3. The third-order valence-electron chi connectivity index (χ3n) is 4.70. The first kappa shape index (κ1) is 22.7. The summed E-state index contributed by atoms with van der Waals surface area (Å²) >= 11 is 0. The molecule has 3 N–H and O–H groups in total. The molecule has 1 fully saturated rings. The lowest BCUT2D eigenvalue weighted by molar-refractivity contribution is -0.124. The second kappa shape index (κ2) is 9.78. The van der Waals surface area contributed by atoms with Gasteiger partial charge in [0.05, 0.1) is 4.90 Å². The van der Waals surface area contributed by atoms with Crippen molar-refractivity contribution in [1.82, 2.24) is 15.4 Å². The van der Waals surface area contributed by atoms with Gasteiger partial charge in [-0.2, -0.15) is 4.72 Å². The second-order valence-corrected chi connectivity index (χ2v) is 8.91. The molecule has 1 amide bonds. The molecule has 0 radical (unpaired) electrons. The summed E-state index contributed by atoms with van der Waals surface area (Å²) in [6.45, 7) is 6.08. The molecule has 1 unspecified atom stereocenters. The van der Waals surface area contributed by atoms with Gasteiger partial charge in [-0.25, -0.2) is 8.42 Å². The summed E-state index contributed by atoms with van der Waals surface area (Å²) in [5.41, 5.74) is 0. The van der Waals surface area contributed by atoms with Crippen LogP contribution in [-0.4, -0.2) is 52.7 Å². The highest BCUT2D eigenvalue weighted by Gasteiger charge is 2.30. The fourth-order valence-electron chi connectivity index (χ4n) is 3.18. The minimum atomic E-state index is -3.89. The zero-order valence-electron chi connectivity index (χ0n) is 16.1. The predicted molar refractivity (Wildman–Crippen MR) is 108 cm³/mol. The number of piperidine rings is 1.